The molecule has 3 aromatic carbocycles. The van der Waals surface area contributed by atoms with Gasteiger partial charge in [-0.3, -0.25) is 14.9 Å². The number of anilines is 1. The minimum absolute atomic E-state index is 0.0591. The first-order valence-corrected chi connectivity index (χ1v) is 12.7. The molecule has 4 rings (SSSR count). The highest BCUT2D eigenvalue weighted by atomic mass is 16.6. The summed E-state index contributed by atoms with van der Waals surface area (Å²) in [4.78, 5) is 26.8. The van der Waals surface area contributed by atoms with Crippen LogP contribution in [0.2, 0.25) is 0 Å². The first-order chi connectivity index (χ1) is 17.6. The number of carbonyl (C=O) groups excluding carboxylic acids is 1. The molecule has 0 bridgehead atoms. The van der Waals surface area contributed by atoms with Gasteiger partial charge in [-0.2, -0.15) is 0 Å². The molecule has 0 aliphatic carbocycles. The van der Waals surface area contributed by atoms with Crippen molar-refractivity contribution in [2.75, 3.05) is 11.4 Å². The smallest absolute Gasteiger partial charge is 0.289 e. The first-order valence-electron chi connectivity index (χ1n) is 12.7. The van der Waals surface area contributed by atoms with Crippen LogP contribution in [0.15, 0.2) is 66.7 Å². The quantitative estimate of drug-likeness (QED) is 0.145. The van der Waals surface area contributed by atoms with Crippen LogP contribution in [0.3, 0.4) is 0 Å². The molecule has 0 N–H and O–H groups in total. The molecule has 7 heteroatoms. The van der Waals surface area contributed by atoms with Gasteiger partial charge in [-0.25, -0.2) is 0 Å². The maximum Gasteiger partial charge on any atom is 0.289 e. The van der Waals surface area contributed by atoms with Crippen LogP contribution in [0.25, 0.3) is 0 Å². The van der Waals surface area contributed by atoms with Crippen LogP contribution in [0.4, 0.5) is 11.4 Å². The van der Waals surface area contributed by atoms with Crippen LogP contribution in [0.1, 0.15) is 68.6 Å². The molecule has 0 fully saturated rings. The lowest BCUT2D eigenvalue weighted by Gasteiger charge is -2.22. The molecule has 1 aliphatic heterocycles. The Labute approximate surface area is 211 Å². The van der Waals surface area contributed by atoms with Crippen molar-refractivity contribution in [2.45, 2.75) is 58.3 Å². The van der Waals surface area contributed by atoms with Gasteiger partial charge in [0.1, 0.15) is 11.5 Å². The highest BCUT2D eigenvalue weighted by Crippen LogP contribution is 2.44. The summed E-state index contributed by atoms with van der Waals surface area (Å²) in [7, 11) is 0. The van der Waals surface area contributed by atoms with Gasteiger partial charge in [0.25, 0.3) is 11.6 Å². The standard InChI is InChI=1S/C29H32N2O5/c1-2-3-4-5-6-7-8-14-19-30-24-17-12-13-18-26(24)36-27-21-23(35-22-15-10-9-11-16-22)20-25(31(33)34)28(27)29(30)32/h9-13,15-18,20-21H,2-8,14,19H2,1H3. The molecule has 0 spiro atoms. The molecule has 1 heterocycles. The Kier molecular flexibility index (Phi) is 8.55. The Balaban J connectivity index is 1.59. The highest BCUT2D eigenvalue weighted by molar-refractivity contribution is 6.12. The van der Waals surface area contributed by atoms with Gasteiger partial charge < -0.3 is 14.4 Å². The maximum absolute atomic E-state index is 13.7. The molecular formula is C29H32N2O5. The third kappa shape index (κ3) is 6.03. The van der Waals surface area contributed by atoms with E-state index in [4.69, 9.17) is 9.47 Å². The van der Waals surface area contributed by atoms with Gasteiger partial charge in [-0.15, -0.1) is 0 Å². The fourth-order valence-corrected chi connectivity index (χ4v) is 4.45. The Morgan fingerprint density at radius 2 is 1.50 bits per heavy atom. The van der Waals surface area contributed by atoms with Gasteiger partial charge in [-0.1, -0.05) is 82.2 Å². The number of para-hydroxylation sites is 3. The van der Waals surface area contributed by atoms with Gasteiger partial charge in [0.05, 0.1) is 16.7 Å². The Hall–Kier alpha value is -3.87. The predicted molar refractivity (Wildman–Crippen MR) is 140 cm³/mol. The van der Waals surface area contributed by atoms with Crippen molar-refractivity contribution < 1.29 is 19.2 Å². The number of benzene rings is 3. The normalized spacial score (nSPS) is 12.4. The third-order valence-corrected chi connectivity index (χ3v) is 6.30. The van der Waals surface area contributed by atoms with Crippen molar-refractivity contribution in [1.29, 1.82) is 0 Å². The number of rotatable bonds is 12. The highest BCUT2D eigenvalue weighted by Gasteiger charge is 2.35. The second-order valence-electron chi connectivity index (χ2n) is 8.99. The SMILES string of the molecule is CCCCCCCCCCN1C(=O)c2c(cc(Oc3ccccc3)cc2[N+](=O)[O-])Oc2ccccc21. The van der Waals surface area contributed by atoms with Crippen LogP contribution in [0.5, 0.6) is 23.0 Å². The van der Waals surface area contributed by atoms with E-state index in [1.54, 1.807) is 29.2 Å². The van der Waals surface area contributed by atoms with E-state index < -0.39 is 10.8 Å². The molecule has 7 nitrogen and oxygen atoms in total. The molecule has 36 heavy (non-hydrogen) atoms. The fraction of sp³-hybridized carbons (Fsp3) is 0.345. The predicted octanol–water partition coefficient (Wildman–Crippen LogP) is 8.28. The van der Waals surface area contributed by atoms with Crippen molar-refractivity contribution in [1.82, 2.24) is 0 Å². The monoisotopic (exact) mass is 488 g/mol. The topological polar surface area (TPSA) is 81.9 Å². The largest absolute Gasteiger partial charge is 0.457 e. The van der Waals surface area contributed by atoms with E-state index in [-0.39, 0.29) is 22.7 Å². The second kappa shape index (κ2) is 12.2. The number of nitro groups is 1. The summed E-state index contributed by atoms with van der Waals surface area (Å²) in [5.74, 6) is 0.925. The van der Waals surface area contributed by atoms with Crippen LogP contribution in [-0.4, -0.2) is 17.4 Å². The lowest BCUT2D eigenvalue weighted by molar-refractivity contribution is -0.385. The minimum atomic E-state index is -0.553. The molecule has 0 unspecified atom stereocenters. The van der Waals surface area contributed by atoms with E-state index >= 15 is 0 Å². The number of nitro benzene ring substituents is 1. The van der Waals surface area contributed by atoms with Gasteiger partial charge in [0, 0.05) is 12.6 Å². The summed E-state index contributed by atoms with van der Waals surface area (Å²) in [5.41, 5.74) is 0.217. The fourth-order valence-electron chi connectivity index (χ4n) is 4.45. The van der Waals surface area contributed by atoms with E-state index in [1.165, 1.54) is 38.2 Å². The average Bonchev–Trinajstić information content (AvgIpc) is 2.99. The van der Waals surface area contributed by atoms with Crippen LogP contribution >= 0.6 is 0 Å². The van der Waals surface area contributed by atoms with Crippen molar-refractivity contribution in [2.24, 2.45) is 0 Å². The molecule has 188 valence electrons. The zero-order valence-corrected chi connectivity index (χ0v) is 20.7. The Bertz CT molecular complexity index is 1200. The van der Waals surface area contributed by atoms with E-state index in [1.807, 2.05) is 36.4 Å². The number of unbranched alkanes of at least 4 members (excludes halogenated alkanes) is 7. The average molecular weight is 489 g/mol. The lowest BCUT2D eigenvalue weighted by atomic mass is 10.1. The first kappa shape index (κ1) is 25.2. The van der Waals surface area contributed by atoms with Gasteiger partial charge in [0.2, 0.25) is 0 Å². The molecule has 0 radical (unpaired) electrons. The van der Waals surface area contributed by atoms with E-state index in [9.17, 15) is 14.9 Å². The van der Waals surface area contributed by atoms with Crippen LogP contribution < -0.4 is 14.4 Å². The summed E-state index contributed by atoms with van der Waals surface area (Å²) < 4.78 is 12.0. The number of hydrogen-bond donors (Lipinski definition) is 0. The summed E-state index contributed by atoms with van der Waals surface area (Å²) in [5, 5.41) is 12.0. The molecule has 0 saturated carbocycles. The van der Waals surface area contributed by atoms with Crippen molar-refractivity contribution >= 4 is 17.3 Å². The van der Waals surface area contributed by atoms with Crippen LogP contribution in [-0.2, 0) is 0 Å². The van der Waals surface area contributed by atoms with Crippen molar-refractivity contribution in [3.05, 3.63) is 82.4 Å². The van der Waals surface area contributed by atoms with Gasteiger partial charge in [-0.05, 0) is 30.7 Å². The Morgan fingerprint density at radius 3 is 2.22 bits per heavy atom. The summed E-state index contributed by atoms with van der Waals surface area (Å²) in [6.45, 7) is 2.67. The third-order valence-electron chi connectivity index (χ3n) is 6.30. The minimum Gasteiger partial charge on any atom is -0.457 e. The van der Waals surface area contributed by atoms with E-state index in [0.29, 0.717) is 23.7 Å². The van der Waals surface area contributed by atoms with Gasteiger partial charge >= 0.3 is 0 Å². The zero-order chi connectivity index (χ0) is 25.3. The molecule has 0 saturated heterocycles. The van der Waals surface area contributed by atoms with E-state index in [2.05, 4.69) is 6.92 Å². The summed E-state index contributed by atoms with van der Waals surface area (Å²) in [6.07, 6.45) is 9.11. The van der Waals surface area contributed by atoms with Crippen molar-refractivity contribution in [3.8, 4) is 23.0 Å². The maximum atomic E-state index is 13.7. The Morgan fingerprint density at radius 1 is 0.833 bits per heavy atom. The van der Waals surface area contributed by atoms with E-state index in [0.717, 1.165) is 19.3 Å². The van der Waals surface area contributed by atoms with Crippen molar-refractivity contribution in [3.63, 3.8) is 0 Å². The number of carbonyl (C=O) groups is 1. The molecule has 1 aliphatic rings. The number of nitrogens with zero attached hydrogens (tertiary/aromatic N) is 2. The molecule has 1 amide bonds. The van der Waals surface area contributed by atoms with Crippen LogP contribution in [0, 0.1) is 10.1 Å². The molecular weight excluding hydrogens is 456 g/mol. The lowest BCUT2D eigenvalue weighted by Crippen LogP contribution is -2.31. The number of hydrogen-bond acceptors (Lipinski definition) is 5. The zero-order valence-electron chi connectivity index (χ0n) is 20.7. The number of fused-ring (bicyclic) bond motifs is 2. The molecule has 3 aromatic rings. The van der Waals surface area contributed by atoms with Gasteiger partial charge in [0.15, 0.2) is 17.1 Å². The number of amides is 1. The number of ether oxygens (including phenoxy) is 2. The molecule has 0 atom stereocenters. The summed E-state index contributed by atoms with van der Waals surface area (Å²) in [6, 6.07) is 19.1. The summed E-state index contributed by atoms with van der Waals surface area (Å²) >= 11 is 0. The molecule has 0 aromatic heterocycles. The second-order valence-corrected chi connectivity index (χ2v) is 8.99.